The number of rotatable bonds is 2. The summed E-state index contributed by atoms with van der Waals surface area (Å²) in [6, 6.07) is 4.91. The van der Waals surface area contributed by atoms with E-state index in [0.717, 1.165) is 19.5 Å². The van der Waals surface area contributed by atoms with Crippen LogP contribution in [0.2, 0.25) is 0 Å². The first-order chi connectivity index (χ1) is 7.25. The molecule has 1 heterocycles. The molecule has 0 bridgehead atoms. The van der Waals surface area contributed by atoms with Gasteiger partial charge < -0.3 is 11.1 Å². The lowest BCUT2D eigenvalue weighted by Crippen LogP contribution is -2.31. The number of halogens is 1. The molecule has 1 aliphatic rings. The van der Waals surface area contributed by atoms with Crippen molar-refractivity contribution < 1.29 is 4.39 Å². The molecule has 1 aliphatic heterocycles. The molecule has 1 aromatic carbocycles. The molecule has 0 aliphatic carbocycles. The minimum absolute atomic E-state index is 0.203. The van der Waals surface area contributed by atoms with Gasteiger partial charge >= 0.3 is 0 Å². The molecule has 0 aromatic heterocycles. The Balaban J connectivity index is 2.03. The van der Waals surface area contributed by atoms with Crippen LogP contribution < -0.4 is 11.1 Å². The molecule has 2 nitrogen and oxygen atoms in total. The molecule has 0 saturated carbocycles. The van der Waals surface area contributed by atoms with Gasteiger partial charge in [0.2, 0.25) is 0 Å². The number of nitrogens with two attached hydrogens (primary N) is 1. The Morgan fingerprint density at radius 1 is 1.47 bits per heavy atom. The summed E-state index contributed by atoms with van der Waals surface area (Å²) in [5, 5.41) is 3.80. The third-order valence-corrected chi connectivity index (χ3v) is 3.82. The maximum atomic E-state index is 13.5. The van der Waals surface area contributed by atoms with Gasteiger partial charge in [0, 0.05) is 22.4 Å². The van der Waals surface area contributed by atoms with Gasteiger partial charge in [-0.1, -0.05) is 0 Å². The van der Waals surface area contributed by atoms with Gasteiger partial charge in [-0.05, 0) is 37.6 Å². The van der Waals surface area contributed by atoms with Gasteiger partial charge in [-0.3, -0.25) is 0 Å². The third-order valence-electron chi connectivity index (χ3n) is 2.50. The van der Waals surface area contributed by atoms with Crippen LogP contribution in [-0.4, -0.2) is 18.3 Å². The molecule has 1 atom stereocenters. The zero-order valence-corrected chi connectivity index (χ0v) is 9.32. The first kappa shape index (κ1) is 10.8. The molecule has 1 fully saturated rings. The number of hydrogen-bond acceptors (Lipinski definition) is 3. The summed E-state index contributed by atoms with van der Waals surface area (Å²) in [5.41, 5.74) is 5.98. The number of thioether (sulfide) groups is 1. The first-order valence-corrected chi connectivity index (χ1v) is 6.06. The van der Waals surface area contributed by atoms with E-state index in [0.29, 0.717) is 15.8 Å². The summed E-state index contributed by atoms with van der Waals surface area (Å²) in [6.07, 6.45) is 2.33. The fourth-order valence-corrected chi connectivity index (χ4v) is 2.88. The summed E-state index contributed by atoms with van der Waals surface area (Å²) in [7, 11) is 0. The van der Waals surface area contributed by atoms with Gasteiger partial charge in [0.25, 0.3) is 0 Å². The highest BCUT2D eigenvalue weighted by atomic mass is 32.2. The molecule has 0 radical (unpaired) electrons. The minimum Gasteiger partial charge on any atom is -0.399 e. The molecule has 4 heteroatoms. The fraction of sp³-hybridized carbons (Fsp3) is 0.455. The van der Waals surface area contributed by atoms with E-state index in [1.807, 2.05) is 0 Å². The Morgan fingerprint density at radius 2 is 2.33 bits per heavy atom. The predicted octanol–water partition coefficient (Wildman–Crippen LogP) is 2.25. The smallest absolute Gasteiger partial charge is 0.138 e. The number of piperidine rings is 1. The zero-order valence-electron chi connectivity index (χ0n) is 8.50. The van der Waals surface area contributed by atoms with Crippen molar-refractivity contribution in [2.75, 3.05) is 18.8 Å². The molecule has 1 aromatic rings. The topological polar surface area (TPSA) is 38.0 Å². The van der Waals surface area contributed by atoms with Crippen LogP contribution in [0, 0.1) is 5.82 Å². The SMILES string of the molecule is Nc1ccc(SC2CCCNC2)c(F)c1. The molecule has 15 heavy (non-hydrogen) atoms. The van der Waals surface area contributed by atoms with E-state index in [-0.39, 0.29) is 5.82 Å². The van der Waals surface area contributed by atoms with Crippen molar-refractivity contribution in [3.05, 3.63) is 24.0 Å². The summed E-state index contributed by atoms with van der Waals surface area (Å²) < 4.78 is 13.5. The van der Waals surface area contributed by atoms with Crippen molar-refractivity contribution in [3.63, 3.8) is 0 Å². The van der Waals surface area contributed by atoms with Crippen molar-refractivity contribution in [2.45, 2.75) is 23.0 Å². The van der Waals surface area contributed by atoms with Crippen LogP contribution in [0.25, 0.3) is 0 Å². The Labute approximate surface area is 93.4 Å². The number of nitrogens with one attached hydrogen (secondary N) is 1. The maximum absolute atomic E-state index is 13.5. The van der Waals surface area contributed by atoms with Crippen molar-refractivity contribution in [3.8, 4) is 0 Å². The van der Waals surface area contributed by atoms with Gasteiger partial charge in [0.1, 0.15) is 5.82 Å². The second-order valence-electron chi connectivity index (χ2n) is 3.78. The summed E-state index contributed by atoms with van der Waals surface area (Å²) in [5.74, 6) is -0.203. The van der Waals surface area contributed by atoms with Crippen LogP contribution in [0.15, 0.2) is 23.1 Å². The number of benzene rings is 1. The maximum Gasteiger partial charge on any atom is 0.138 e. The molecule has 1 unspecified atom stereocenters. The minimum atomic E-state index is -0.203. The monoisotopic (exact) mass is 226 g/mol. The van der Waals surface area contributed by atoms with Crippen molar-refractivity contribution in [1.29, 1.82) is 0 Å². The highest BCUT2D eigenvalue weighted by molar-refractivity contribution is 8.00. The summed E-state index contributed by atoms with van der Waals surface area (Å²) in [4.78, 5) is 0.706. The average molecular weight is 226 g/mol. The third kappa shape index (κ3) is 2.86. The van der Waals surface area contributed by atoms with Crippen LogP contribution in [0.3, 0.4) is 0 Å². The van der Waals surface area contributed by atoms with Crippen molar-refractivity contribution >= 4 is 17.4 Å². The molecular formula is C11H15FN2S. The van der Waals surface area contributed by atoms with Gasteiger partial charge in [0.15, 0.2) is 0 Å². The van der Waals surface area contributed by atoms with Gasteiger partial charge in [-0.2, -0.15) is 0 Å². The van der Waals surface area contributed by atoms with E-state index >= 15 is 0 Å². The van der Waals surface area contributed by atoms with E-state index in [1.54, 1.807) is 23.9 Å². The molecule has 0 amide bonds. The largest absolute Gasteiger partial charge is 0.399 e. The summed E-state index contributed by atoms with van der Waals surface area (Å²) in [6.45, 7) is 2.05. The Morgan fingerprint density at radius 3 is 3.00 bits per heavy atom. The highest BCUT2D eigenvalue weighted by Crippen LogP contribution is 2.30. The van der Waals surface area contributed by atoms with E-state index in [1.165, 1.54) is 12.5 Å². The van der Waals surface area contributed by atoms with Gasteiger partial charge in [-0.25, -0.2) is 4.39 Å². The van der Waals surface area contributed by atoms with E-state index in [4.69, 9.17) is 5.73 Å². The molecule has 2 rings (SSSR count). The lowest BCUT2D eigenvalue weighted by atomic mass is 10.2. The predicted molar refractivity (Wildman–Crippen MR) is 62.6 cm³/mol. The van der Waals surface area contributed by atoms with Crippen LogP contribution in [0.4, 0.5) is 10.1 Å². The fourth-order valence-electron chi connectivity index (χ4n) is 1.71. The first-order valence-electron chi connectivity index (χ1n) is 5.18. The second kappa shape index (κ2) is 4.86. The Kier molecular flexibility index (Phi) is 3.49. The Bertz CT molecular complexity index is 337. The van der Waals surface area contributed by atoms with Crippen molar-refractivity contribution in [2.24, 2.45) is 0 Å². The van der Waals surface area contributed by atoms with Crippen LogP contribution >= 0.6 is 11.8 Å². The molecule has 82 valence electrons. The molecule has 1 saturated heterocycles. The normalized spacial score (nSPS) is 21.5. The van der Waals surface area contributed by atoms with Gasteiger partial charge in [-0.15, -0.1) is 11.8 Å². The number of anilines is 1. The zero-order chi connectivity index (χ0) is 10.7. The second-order valence-corrected chi connectivity index (χ2v) is 5.12. The Hall–Kier alpha value is -0.740. The summed E-state index contributed by atoms with van der Waals surface area (Å²) >= 11 is 1.61. The lowest BCUT2D eigenvalue weighted by Gasteiger charge is -2.22. The number of nitrogen functional groups attached to an aromatic ring is 1. The van der Waals surface area contributed by atoms with Gasteiger partial charge in [0.05, 0.1) is 0 Å². The molecule has 0 spiro atoms. The average Bonchev–Trinajstić information content (AvgIpc) is 2.24. The van der Waals surface area contributed by atoms with Crippen molar-refractivity contribution in [1.82, 2.24) is 5.32 Å². The molecular weight excluding hydrogens is 211 g/mol. The van der Waals surface area contributed by atoms with E-state index < -0.39 is 0 Å². The highest BCUT2D eigenvalue weighted by Gasteiger charge is 2.15. The molecule has 3 N–H and O–H groups in total. The standard InChI is InChI=1S/C11H15FN2S/c12-10-6-8(13)3-4-11(10)15-9-2-1-5-14-7-9/h3-4,6,9,14H,1-2,5,7,13H2. The van der Waals surface area contributed by atoms with E-state index in [2.05, 4.69) is 5.32 Å². The number of hydrogen-bond donors (Lipinski definition) is 2. The lowest BCUT2D eigenvalue weighted by molar-refractivity contribution is 0.530. The van der Waals surface area contributed by atoms with Crippen LogP contribution in [0.1, 0.15) is 12.8 Å². The quantitative estimate of drug-likeness (QED) is 0.760. The van der Waals surface area contributed by atoms with E-state index in [9.17, 15) is 4.39 Å². The van der Waals surface area contributed by atoms with Crippen LogP contribution in [-0.2, 0) is 0 Å². The van der Waals surface area contributed by atoms with Crippen LogP contribution in [0.5, 0.6) is 0 Å².